The molecule has 0 atom stereocenters. The molecule has 1 N–H and O–H groups in total. The highest BCUT2D eigenvalue weighted by Gasteiger charge is 2.27. The standard InChI is InChI=1S/C19H30N6OS/c1-12-15(13(2)25-17(20-12)22-18(23-25)27-6)11-16(26)21-14-7-9-24(10-8-14)19(3,4)5/h14H,7-11H2,1-6H3,(H,21,26). The number of carbonyl (C=O) groups is 1. The Morgan fingerprint density at radius 1 is 1.22 bits per heavy atom. The van der Waals surface area contributed by atoms with Crippen molar-refractivity contribution in [3.63, 3.8) is 0 Å². The van der Waals surface area contributed by atoms with Crippen molar-refractivity contribution in [3.8, 4) is 0 Å². The maximum atomic E-state index is 12.7. The fraction of sp³-hybridized carbons (Fsp3) is 0.684. The molecule has 0 radical (unpaired) electrons. The smallest absolute Gasteiger partial charge is 0.253 e. The third kappa shape index (κ3) is 4.43. The van der Waals surface area contributed by atoms with Gasteiger partial charge in [0.15, 0.2) is 0 Å². The number of aromatic nitrogens is 4. The Kier molecular flexibility index (Phi) is 5.76. The van der Waals surface area contributed by atoms with Crippen LogP contribution in [0.25, 0.3) is 5.78 Å². The molecule has 8 heteroatoms. The molecule has 27 heavy (non-hydrogen) atoms. The first kappa shape index (κ1) is 20.1. The number of aryl methyl sites for hydroxylation is 2. The van der Waals surface area contributed by atoms with Crippen molar-refractivity contribution in [2.45, 2.75) is 70.6 Å². The summed E-state index contributed by atoms with van der Waals surface area (Å²) in [5.74, 6) is 0.648. The molecule has 3 heterocycles. The molecule has 7 nitrogen and oxygen atoms in total. The number of piperidine rings is 1. The first-order chi connectivity index (χ1) is 12.7. The highest BCUT2D eigenvalue weighted by molar-refractivity contribution is 7.98. The van der Waals surface area contributed by atoms with Crippen molar-refractivity contribution in [3.05, 3.63) is 17.0 Å². The van der Waals surface area contributed by atoms with E-state index in [1.165, 1.54) is 11.8 Å². The normalized spacial score (nSPS) is 16.8. The number of likely N-dealkylation sites (tertiary alicyclic amines) is 1. The first-order valence-electron chi connectivity index (χ1n) is 9.50. The van der Waals surface area contributed by atoms with Crippen molar-refractivity contribution >= 4 is 23.4 Å². The maximum absolute atomic E-state index is 12.7. The monoisotopic (exact) mass is 390 g/mol. The van der Waals surface area contributed by atoms with Crippen molar-refractivity contribution in [1.82, 2.24) is 29.8 Å². The molecule has 1 amide bonds. The van der Waals surface area contributed by atoms with Gasteiger partial charge in [0, 0.05) is 41.6 Å². The predicted molar refractivity (Wildman–Crippen MR) is 108 cm³/mol. The van der Waals surface area contributed by atoms with Gasteiger partial charge in [0.2, 0.25) is 11.1 Å². The number of hydrogen-bond donors (Lipinski definition) is 1. The van der Waals surface area contributed by atoms with Crippen LogP contribution in [0.4, 0.5) is 0 Å². The van der Waals surface area contributed by atoms with Gasteiger partial charge in [-0.25, -0.2) is 9.50 Å². The molecule has 1 aliphatic rings. The lowest BCUT2D eigenvalue weighted by atomic mass is 9.98. The van der Waals surface area contributed by atoms with E-state index in [0.717, 1.165) is 42.9 Å². The fourth-order valence-electron chi connectivity index (χ4n) is 3.67. The minimum atomic E-state index is 0.0572. The molecule has 0 spiro atoms. The van der Waals surface area contributed by atoms with E-state index >= 15 is 0 Å². The van der Waals surface area contributed by atoms with Gasteiger partial charge in [-0.15, -0.1) is 5.10 Å². The Morgan fingerprint density at radius 3 is 2.48 bits per heavy atom. The molecule has 1 saturated heterocycles. The van der Waals surface area contributed by atoms with Crippen LogP contribution in [0.2, 0.25) is 0 Å². The Balaban J connectivity index is 1.66. The second-order valence-corrected chi connectivity index (χ2v) is 9.02. The lowest BCUT2D eigenvalue weighted by Crippen LogP contribution is -2.51. The average Bonchev–Trinajstić information content (AvgIpc) is 3.01. The number of nitrogens with zero attached hydrogens (tertiary/aromatic N) is 5. The molecule has 2 aromatic heterocycles. The summed E-state index contributed by atoms with van der Waals surface area (Å²) >= 11 is 1.49. The van der Waals surface area contributed by atoms with Crippen molar-refractivity contribution < 1.29 is 4.79 Å². The van der Waals surface area contributed by atoms with Crippen molar-refractivity contribution in [2.75, 3.05) is 19.3 Å². The highest BCUT2D eigenvalue weighted by Crippen LogP contribution is 2.21. The van der Waals surface area contributed by atoms with Gasteiger partial charge in [0.1, 0.15) is 0 Å². The second kappa shape index (κ2) is 7.75. The predicted octanol–water partition coefficient (Wildman–Crippen LogP) is 2.38. The molecular weight excluding hydrogens is 360 g/mol. The topological polar surface area (TPSA) is 75.4 Å². The molecule has 0 saturated carbocycles. The summed E-state index contributed by atoms with van der Waals surface area (Å²) in [6, 6.07) is 0.253. The van der Waals surface area contributed by atoms with Gasteiger partial charge in [-0.3, -0.25) is 9.69 Å². The summed E-state index contributed by atoms with van der Waals surface area (Å²) in [7, 11) is 0. The summed E-state index contributed by atoms with van der Waals surface area (Å²) in [4.78, 5) is 24.1. The van der Waals surface area contributed by atoms with Crippen LogP contribution in [0.1, 0.15) is 50.6 Å². The van der Waals surface area contributed by atoms with Crippen LogP contribution < -0.4 is 5.32 Å². The minimum Gasteiger partial charge on any atom is -0.353 e. The number of nitrogens with one attached hydrogen (secondary N) is 1. The quantitative estimate of drug-likeness (QED) is 0.808. The van der Waals surface area contributed by atoms with Crippen LogP contribution in [0, 0.1) is 13.8 Å². The fourth-order valence-corrected chi connectivity index (χ4v) is 4.00. The van der Waals surface area contributed by atoms with Gasteiger partial charge in [-0.2, -0.15) is 4.98 Å². The van der Waals surface area contributed by atoms with Gasteiger partial charge < -0.3 is 5.32 Å². The molecular formula is C19H30N6OS. The van der Waals surface area contributed by atoms with Crippen LogP contribution >= 0.6 is 11.8 Å². The van der Waals surface area contributed by atoms with E-state index in [9.17, 15) is 4.79 Å². The lowest BCUT2D eigenvalue weighted by molar-refractivity contribution is -0.121. The molecule has 3 rings (SSSR count). The zero-order valence-corrected chi connectivity index (χ0v) is 18.0. The summed E-state index contributed by atoms with van der Waals surface area (Å²) < 4.78 is 1.74. The van der Waals surface area contributed by atoms with E-state index in [1.54, 1.807) is 4.52 Å². The van der Waals surface area contributed by atoms with Crippen molar-refractivity contribution in [2.24, 2.45) is 0 Å². The van der Waals surface area contributed by atoms with E-state index in [0.29, 0.717) is 17.4 Å². The summed E-state index contributed by atoms with van der Waals surface area (Å²) in [6.07, 6.45) is 4.27. The molecule has 0 aliphatic carbocycles. The third-order valence-electron chi connectivity index (χ3n) is 5.36. The minimum absolute atomic E-state index is 0.0572. The molecule has 1 fully saturated rings. The van der Waals surface area contributed by atoms with E-state index in [2.05, 4.69) is 46.1 Å². The van der Waals surface area contributed by atoms with Crippen LogP contribution in [-0.4, -0.2) is 61.3 Å². The zero-order chi connectivity index (χ0) is 19.8. The SMILES string of the molecule is CSc1nc2nc(C)c(CC(=O)NC3CCN(C(C)(C)C)CC3)c(C)n2n1. The molecule has 148 valence electrons. The number of rotatable bonds is 4. The van der Waals surface area contributed by atoms with Crippen LogP contribution in [0.3, 0.4) is 0 Å². The van der Waals surface area contributed by atoms with E-state index in [4.69, 9.17) is 0 Å². The number of carbonyl (C=O) groups excluding carboxylic acids is 1. The number of thioether (sulfide) groups is 1. The van der Waals surface area contributed by atoms with E-state index in [-0.39, 0.29) is 17.5 Å². The largest absolute Gasteiger partial charge is 0.353 e. The van der Waals surface area contributed by atoms with Gasteiger partial charge in [-0.05, 0) is 53.7 Å². The van der Waals surface area contributed by atoms with E-state index < -0.39 is 0 Å². The van der Waals surface area contributed by atoms with Crippen LogP contribution in [0.5, 0.6) is 0 Å². The molecule has 0 unspecified atom stereocenters. The second-order valence-electron chi connectivity index (χ2n) is 8.25. The van der Waals surface area contributed by atoms with Gasteiger partial charge in [0.05, 0.1) is 6.42 Å². The molecule has 2 aromatic rings. The third-order valence-corrected chi connectivity index (χ3v) is 5.90. The van der Waals surface area contributed by atoms with Gasteiger partial charge >= 0.3 is 0 Å². The molecule has 0 bridgehead atoms. The molecule has 1 aliphatic heterocycles. The Bertz CT molecular complexity index is 833. The zero-order valence-electron chi connectivity index (χ0n) is 17.2. The maximum Gasteiger partial charge on any atom is 0.253 e. The number of hydrogen-bond acceptors (Lipinski definition) is 6. The number of fused-ring (bicyclic) bond motifs is 1. The van der Waals surface area contributed by atoms with Crippen LogP contribution in [0.15, 0.2) is 5.16 Å². The summed E-state index contributed by atoms with van der Waals surface area (Å²) in [5, 5.41) is 8.36. The van der Waals surface area contributed by atoms with Gasteiger partial charge in [0.25, 0.3) is 5.78 Å². The van der Waals surface area contributed by atoms with Gasteiger partial charge in [-0.1, -0.05) is 11.8 Å². The highest BCUT2D eigenvalue weighted by atomic mass is 32.2. The Labute approximate surface area is 165 Å². The Hall–Kier alpha value is -1.67. The number of amides is 1. The van der Waals surface area contributed by atoms with Crippen LogP contribution in [-0.2, 0) is 11.2 Å². The average molecular weight is 391 g/mol. The molecule has 0 aromatic carbocycles. The van der Waals surface area contributed by atoms with Crippen molar-refractivity contribution in [1.29, 1.82) is 0 Å². The summed E-state index contributed by atoms with van der Waals surface area (Å²) in [6.45, 7) is 12.7. The van der Waals surface area contributed by atoms with E-state index in [1.807, 2.05) is 20.1 Å². The first-order valence-corrected chi connectivity index (χ1v) is 10.7. The summed E-state index contributed by atoms with van der Waals surface area (Å²) in [5.41, 5.74) is 2.91. The Morgan fingerprint density at radius 2 is 1.89 bits per heavy atom. The lowest BCUT2D eigenvalue weighted by Gasteiger charge is -2.41.